The average molecular weight is 324 g/mol. The number of aromatic nitrogens is 1. The lowest BCUT2D eigenvalue weighted by Crippen LogP contribution is -2.30. The van der Waals surface area contributed by atoms with Crippen molar-refractivity contribution in [2.24, 2.45) is 0 Å². The van der Waals surface area contributed by atoms with Gasteiger partial charge in [-0.15, -0.1) is 0 Å². The second kappa shape index (κ2) is 6.49. The summed E-state index contributed by atoms with van der Waals surface area (Å²) in [5, 5.41) is 5.24. The quantitative estimate of drug-likeness (QED) is 0.837. The van der Waals surface area contributed by atoms with Crippen molar-refractivity contribution in [3.63, 3.8) is 0 Å². The lowest BCUT2D eigenvalue weighted by molar-refractivity contribution is -0.125. The van der Waals surface area contributed by atoms with Gasteiger partial charge in [-0.25, -0.2) is 9.78 Å². The number of amides is 4. The molecule has 3 rings (SSSR count). The third-order valence-corrected chi connectivity index (χ3v) is 3.61. The number of carbonyl (C=O) groups excluding carboxylic acids is 3. The first-order chi connectivity index (χ1) is 11.5. The van der Waals surface area contributed by atoms with Crippen LogP contribution in [0, 0.1) is 6.92 Å². The minimum Gasteiger partial charge on any atom is -0.329 e. The molecule has 7 nitrogen and oxygen atoms in total. The summed E-state index contributed by atoms with van der Waals surface area (Å²) in [5.41, 5.74) is 2.53. The summed E-state index contributed by atoms with van der Waals surface area (Å²) in [6.07, 6.45) is 0. The zero-order chi connectivity index (χ0) is 17.1. The highest BCUT2D eigenvalue weighted by molar-refractivity contribution is 6.03. The predicted molar refractivity (Wildman–Crippen MR) is 87.3 cm³/mol. The molecule has 4 amide bonds. The first-order valence-electron chi connectivity index (χ1n) is 7.45. The Hall–Kier alpha value is -3.22. The topological polar surface area (TPSA) is 91.4 Å². The van der Waals surface area contributed by atoms with Gasteiger partial charge in [0.25, 0.3) is 5.91 Å². The van der Waals surface area contributed by atoms with Gasteiger partial charge in [0.05, 0.1) is 13.1 Å². The maximum Gasteiger partial charge on any atom is 0.324 e. The maximum absolute atomic E-state index is 12.1. The first-order valence-corrected chi connectivity index (χ1v) is 7.45. The van der Waals surface area contributed by atoms with Gasteiger partial charge in [-0.1, -0.05) is 18.2 Å². The van der Waals surface area contributed by atoms with Crippen LogP contribution in [0.2, 0.25) is 0 Å². The van der Waals surface area contributed by atoms with Gasteiger partial charge in [0.15, 0.2) is 0 Å². The van der Waals surface area contributed by atoms with Crippen LogP contribution < -0.4 is 10.6 Å². The number of carbonyl (C=O) groups is 3. The Morgan fingerprint density at radius 1 is 1.21 bits per heavy atom. The number of benzene rings is 1. The summed E-state index contributed by atoms with van der Waals surface area (Å²) in [6.45, 7) is 2.07. The summed E-state index contributed by atoms with van der Waals surface area (Å²) < 4.78 is 0. The van der Waals surface area contributed by atoms with E-state index in [1.165, 1.54) is 0 Å². The average Bonchev–Trinajstić information content (AvgIpc) is 2.88. The van der Waals surface area contributed by atoms with Gasteiger partial charge in [0.1, 0.15) is 5.69 Å². The van der Waals surface area contributed by atoms with E-state index in [-0.39, 0.29) is 30.9 Å². The third kappa shape index (κ3) is 3.40. The molecule has 1 fully saturated rings. The highest BCUT2D eigenvalue weighted by Crippen LogP contribution is 2.14. The first kappa shape index (κ1) is 15.7. The third-order valence-electron chi connectivity index (χ3n) is 3.61. The predicted octanol–water partition coefficient (Wildman–Crippen LogP) is 1.69. The van der Waals surface area contributed by atoms with E-state index in [0.717, 1.165) is 16.2 Å². The van der Waals surface area contributed by atoms with Gasteiger partial charge in [0.2, 0.25) is 5.91 Å². The Bertz CT molecular complexity index is 786. The molecule has 1 aliphatic heterocycles. The molecule has 2 heterocycles. The van der Waals surface area contributed by atoms with Crippen LogP contribution in [-0.2, 0) is 11.3 Å². The van der Waals surface area contributed by atoms with Crippen molar-refractivity contribution in [1.82, 2.24) is 15.2 Å². The number of nitrogens with one attached hydrogen (secondary N) is 2. The zero-order valence-corrected chi connectivity index (χ0v) is 13.1. The van der Waals surface area contributed by atoms with Gasteiger partial charge in [-0.3, -0.25) is 14.5 Å². The maximum atomic E-state index is 12.1. The molecule has 0 bridgehead atoms. The van der Waals surface area contributed by atoms with Crippen LogP contribution in [0.3, 0.4) is 0 Å². The Morgan fingerprint density at radius 3 is 2.58 bits per heavy atom. The minimum absolute atomic E-state index is 0.0382. The SMILES string of the molecule is Cc1cccc(C(=O)Nc2ccc(CN3C(=O)CNC3=O)cc2)n1. The van der Waals surface area contributed by atoms with E-state index in [1.807, 2.05) is 13.0 Å². The standard InChI is InChI=1S/C17H16N4O3/c1-11-3-2-4-14(19-11)16(23)20-13-7-5-12(6-8-13)10-21-15(22)9-18-17(21)24/h2-8H,9-10H2,1H3,(H,18,24)(H,20,23). The number of anilines is 1. The number of nitrogens with zero attached hydrogens (tertiary/aromatic N) is 2. The molecule has 1 aliphatic rings. The van der Waals surface area contributed by atoms with E-state index in [0.29, 0.717) is 11.4 Å². The number of urea groups is 1. The molecular weight excluding hydrogens is 308 g/mol. The molecule has 2 aromatic rings. The van der Waals surface area contributed by atoms with Crippen LogP contribution in [0.4, 0.5) is 10.5 Å². The second-order valence-corrected chi connectivity index (χ2v) is 5.45. The Balaban J connectivity index is 1.65. The van der Waals surface area contributed by atoms with Gasteiger partial charge in [-0.05, 0) is 36.8 Å². The summed E-state index contributed by atoms with van der Waals surface area (Å²) in [5.74, 6) is -0.538. The number of aryl methyl sites for hydroxylation is 1. The van der Waals surface area contributed by atoms with Crippen molar-refractivity contribution < 1.29 is 14.4 Å². The van der Waals surface area contributed by atoms with E-state index in [1.54, 1.807) is 36.4 Å². The smallest absolute Gasteiger partial charge is 0.324 e. The highest BCUT2D eigenvalue weighted by Gasteiger charge is 2.28. The minimum atomic E-state index is -0.386. The highest BCUT2D eigenvalue weighted by atomic mass is 16.2. The largest absolute Gasteiger partial charge is 0.329 e. The van der Waals surface area contributed by atoms with Crippen LogP contribution in [0.1, 0.15) is 21.7 Å². The summed E-state index contributed by atoms with van der Waals surface area (Å²) in [6, 6.07) is 11.8. The Labute approximate surface area is 138 Å². The molecule has 122 valence electrons. The number of imide groups is 1. The number of rotatable bonds is 4. The molecule has 0 unspecified atom stereocenters. The lowest BCUT2D eigenvalue weighted by Gasteiger charge is -2.12. The van der Waals surface area contributed by atoms with Crippen LogP contribution in [0.5, 0.6) is 0 Å². The molecule has 1 aromatic carbocycles. The Morgan fingerprint density at radius 2 is 1.96 bits per heavy atom. The lowest BCUT2D eigenvalue weighted by atomic mass is 10.2. The monoisotopic (exact) mass is 324 g/mol. The van der Waals surface area contributed by atoms with Gasteiger partial charge < -0.3 is 10.6 Å². The van der Waals surface area contributed by atoms with Gasteiger partial charge in [-0.2, -0.15) is 0 Å². The molecule has 24 heavy (non-hydrogen) atoms. The molecule has 2 N–H and O–H groups in total. The van der Waals surface area contributed by atoms with Crippen LogP contribution >= 0.6 is 0 Å². The zero-order valence-electron chi connectivity index (χ0n) is 13.1. The molecule has 0 spiro atoms. The Kier molecular flexibility index (Phi) is 4.24. The molecule has 0 aliphatic carbocycles. The van der Waals surface area contributed by atoms with Crippen LogP contribution in [-0.4, -0.2) is 34.3 Å². The molecule has 0 atom stereocenters. The molecule has 1 saturated heterocycles. The number of pyridine rings is 1. The van der Waals surface area contributed by atoms with E-state index < -0.39 is 0 Å². The summed E-state index contributed by atoms with van der Waals surface area (Å²) in [7, 11) is 0. The fraction of sp³-hybridized carbons (Fsp3) is 0.176. The van der Waals surface area contributed by atoms with Crippen LogP contribution in [0.15, 0.2) is 42.5 Å². The summed E-state index contributed by atoms with van der Waals surface area (Å²) in [4.78, 5) is 40.5. The van der Waals surface area contributed by atoms with Gasteiger partial charge >= 0.3 is 6.03 Å². The van der Waals surface area contributed by atoms with Gasteiger partial charge in [0, 0.05) is 11.4 Å². The fourth-order valence-corrected chi connectivity index (χ4v) is 2.36. The summed E-state index contributed by atoms with van der Waals surface area (Å²) >= 11 is 0. The molecular formula is C17H16N4O3. The molecule has 7 heteroatoms. The number of hydrogen-bond donors (Lipinski definition) is 2. The van der Waals surface area contributed by atoms with Crippen molar-refractivity contribution in [3.8, 4) is 0 Å². The van der Waals surface area contributed by atoms with Crippen molar-refractivity contribution in [2.45, 2.75) is 13.5 Å². The molecule has 0 saturated carbocycles. The van der Waals surface area contributed by atoms with E-state index in [4.69, 9.17) is 0 Å². The van der Waals surface area contributed by atoms with E-state index >= 15 is 0 Å². The van der Waals surface area contributed by atoms with Crippen molar-refractivity contribution in [3.05, 3.63) is 59.4 Å². The van der Waals surface area contributed by atoms with Crippen molar-refractivity contribution >= 4 is 23.5 Å². The van der Waals surface area contributed by atoms with E-state index in [2.05, 4.69) is 15.6 Å². The van der Waals surface area contributed by atoms with Crippen LogP contribution in [0.25, 0.3) is 0 Å². The molecule has 0 radical (unpaired) electrons. The van der Waals surface area contributed by atoms with E-state index in [9.17, 15) is 14.4 Å². The second-order valence-electron chi connectivity index (χ2n) is 5.45. The van der Waals surface area contributed by atoms with Crippen molar-refractivity contribution in [1.29, 1.82) is 0 Å². The normalized spacial score (nSPS) is 13.8. The fourth-order valence-electron chi connectivity index (χ4n) is 2.36. The van der Waals surface area contributed by atoms with Crippen molar-refractivity contribution in [2.75, 3.05) is 11.9 Å². The molecule has 1 aromatic heterocycles. The number of hydrogen-bond acceptors (Lipinski definition) is 4.